The van der Waals surface area contributed by atoms with Crippen LogP contribution < -0.4 is 15.2 Å². The van der Waals surface area contributed by atoms with Gasteiger partial charge in [0.25, 0.3) is 0 Å². The van der Waals surface area contributed by atoms with Gasteiger partial charge in [0.2, 0.25) is 6.79 Å². The molecule has 0 fully saturated rings. The molecule has 1 aromatic carbocycles. The van der Waals surface area contributed by atoms with Gasteiger partial charge in [0.05, 0.1) is 12.3 Å². The van der Waals surface area contributed by atoms with E-state index >= 15 is 0 Å². The summed E-state index contributed by atoms with van der Waals surface area (Å²) >= 11 is 0. The molecule has 0 amide bonds. The highest BCUT2D eigenvalue weighted by molar-refractivity contribution is 5.71. The van der Waals surface area contributed by atoms with Crippen molar-refractivity contribution in [3.8, 4) is 11.5 Å². The summed E-state index contributed by atoms with van der Waals surface area (Å²) in [6.07, 6.45) is 0.930. The molecule has 18 heavy (non-hydrogen) atoms. The van der Waals surface area contributed by atoms with Crippen LogP contribution in [0.2, 0.25) is 0 Å². The number of hydrogen-bond acceptors (Lipinski definition) is 5. The molecule has 1 aliphatic rings. The van der Waals surface area contributed by atoms with E-state index in [0.29, 0.717) is 36.6 Å². The summed E-state index contributed by atoms with van der Waals surface area (Å²) in [7, 11) is 0. The first kappa shape index (κ1) is 12.5. The Bertz CT molecular complexity index is 471. The molecule has 0 aliphatic carbocycles. The van der Waals surface area contributed by atoms with E-state index in [9.17, 15) is 4.79 Å². The maximum atomic E-state index is 11.3. The minimum Gasteiger partial charge on any atom is -0.466 e. The lowest BCUT2D eigenvalue weighted by molar-refractivity contribution is -0.143. The predicted octanol–water partition coefficient (Wildman–Crippen LogP) is 1.80. The molecule has 0 radical (unpaired) electrons. The van der Waals surface area contributed by atoms with E-state index in [4.69, 9.17) is 19.9 Å². The average molecular weight is 251 g/mol. The van der Waals surface area contributed by atoms with Gasteiger partial charge in [-0.25, -0.2) is 0 Å². The molecular formula is C13H17NO4. The fourth-order valence-corrected chi connectivity index (χ4v) is 2.01. The third-order valence-corrected chi connectivity index (χ3v) is 2.93. The van der Waals surface area contributed by atoms with Crippen molar-refractivity contribution < 1.29 is 19.0 Å². The van der Waals surface area contributed by atoms with Crippen molar-refractivity contribution in [3.05, 3.63) is 17.2 Å². The van der Waals surface area contributed by atoms with E-state index in [2.05, 4.69) is 0 Å². The van der Waals surface area contributed by atoms with Crippen LogP contribution in [0.1, 0.15) is 24.5 Å². The summed E-state index contributed by atoms with van der Waals surface area (Å²) in [4.78, 5) is 11.3. The molecule has 2 rings (SSSR count). The van der Waals surface area contributed by atoms with E-state index < -0.39 is 0 Å². The molecule has 0 aromatic heterocycles. The van der Waals surface area contributed by atoms with Gasteiger partial charge in [0.15, 0.2) is 11.5 Å². The number of hydrogen-bond donors (Lipinski definition) is 1. The van der Waals surface area contributed by atoms with E-state index in [1.165, 1.54) is 0 Å². The largest absolute Gasteiger partial charge is 0.466 e. The number of ether oxygens (including phenoxy) is 3. The van der Waals surface area contributed by atoms with Gasteiger partial charge < -0.3 is 19.9 Å². The van der Waals surface area contributed by atoms with Gasteiger partial charge in [-0.3, -0.25) is 4.79 Å². The second-order valence-electron chi connectivity index (χ2n) is 4.12. The first-order valence-electron chi connectivity index (χ1n) is 5.96. The number of carbonyl (C=O) groups excluding carboxylic acids is 1. The monoisotopic (exact) mass is 251 g/mol. The van der Waals surface area contributed by atoms with E-state index in [1.807, 2.05) is 13.0 Å². The van der Waals surface area contributed by atoms with E-state index in [-0.39, 0.29) is 12.8 Å². The quantitative estimate of drug-likeness (QED) is 0.652. The van der Waals surface area contributed by atoms with Crippen LogP contribution in [0.5, 0.6) is 11.5 Å². The lowest BCUT2D eigenvalue weighted by Gasteiger charge is -2.10. The number of anilines is 1. The van der Waals surface area contributed by atoms with Gasteiger partial charge in [-0.2, -0.15) is 0 Å². The van der Waals surface area contributed by atoms with Gasteiger partial charge >= 0.3 is 5.97 Å². The maximum absolute atomic E-state index is 11.3. The summed E-state index contributed by atoms with van der Waals surface area (Å²) in [5.41, 5.74) is 8.40. The topological polar surface area (TPSA) is 70.8 Å². The number of nitrogen functional groups attached to an aromatic ring is 1. The number of nitrogens with two attached hydrogens (primary N) is 1. The minimum absolute atomic E-state index is 0.196. The Balaban J connectivity index is 2.14. The summed E-state index contributed by atoms with van der Waals surface area (Å²) in [5, 5.41) is 0. The van der Waals surface area contributed by atoms with E-state index in [0.717, 1.165) is 11.1 Å². The first-order valence-corrected chi connectivity index (χ1v) is 5.96. The molecule has 2 N–H and O–H groups in total. The van der Waals surface area contributed by atoms with Crippen molar-refractivity contribution in [1.29, 1.82) is 0 Å². The molecule has 0 saturated carbocycles. The summed E-state index contributed by atoms with van der Waals surface area (Å²) in [6.45, 7) is 4.33. The number of fused-ring (bicyclic) bond motifs is 1. The number of rotatable bonds is 4. The lowest BCUT2D eigenvalue weighted by atomic mass is 10.0. The lowest BCUT2D eigenvalue weighted by Crippen LogP contribution is -2.06. The SMILES string of the molecule is CCOC(=O)CCc1cc(N)c2c(c1C)OCO2. The third kappa shape index (κ3) is 2.34. The average Bonchev–Trinajstić information content (AvgIpc) is 2.82. The molecule has 0 atom stereocenters. The maximum Gasteiger partial charge on any atom is 0.306 e. The zero-order chi connectivity index (χ0) is 13.1. The number of benzene rings is 1. The van der Waals surface area contributed by atoms with Crippen LogP contribution in [0.15, 0.2) is 6.07 Å². The molecule has 1 aromatic rings. The minimum atomic E-state index is -0.201. The molecule has 0 spiro atoms. The fourth-order valence-electron chi connectivity index (χ4n) is 2.01. The highest BCUT2D eigenvalue weighted by atomic mass is 16.7. The number of aryl methyl sites for hydroxylation is 1. The smallest absolute Gasteiger partial charge is 0.306 e. The van der Waals surface area contributed by atoms with Crippen molar-refractivity contribution in [2.75, 3.05) is 19.1 Å². The van der Waals surface area contributed by atoms with Gasteiger partial charge in [0, 0.05) is 6.42 Å². The second kappa shape index (κ2) is 5.16. The molecule has 0 unspecified atom stereocenters. The Morgan fingerprint density at radius 2 is 2.17 bits per heavy atom. The molecular weight excluding hydrogens is 234 g/mol. The van der Waals surface area contributed by atoms with Gasteiger partial charge in [0.1, 0.15) is 0 Å². The first-order chi connectivity index (χ1) is 8.63. The molecule has 98 valence electrons. The number of esters is 1. The highest BCUT2D eigenvalue weighted by Gasteiger charge is 2.22. The van der Waals surface area contributed by atoms with Crippen LogP contribution in [-0.4, -0.2) is 19.4 Å². The van der Waals surface area contributed by atoms with Gasteiger partial charge in [-0.05, 0) is 37.5 Å². The van der Waals surface area contributed by atoms with Gasteiger partial charge in [-0.15, -0.1) is 0 Å². The molecule has 5 heteroatoms. The molecule has 0 saturated heterocycles. The van der Waals surface area contributed by atoms with Crippen LogP contribution in [0.3, 0.4) is 0 Å². The molecule has 1 aliphatic heterocycles. The van der Waals surface area contributed by atoms with Crippen molar-refractivity contribution in [2.45, 2.75) is 26.7 Å². The number of carbonyl (C=O) groups is 1. The van der Waals surface area contributed by atoms with Crippen LogP contribution in [0.4, 0.5) is 5.69 Å². The molecule has 5 nitrogen and oxygen atoms in total. The van der Waals surface area contributed by atoms with Crippen LogP contribution in [0.25, 0.3) is 0 Å². The Labute approximate surface area is 106 Å². The summed E-state index contributed by atoms with van der Waals surface area (Å²) in [6, 6.07) is 1.84. The Morgan fingerprint density at radius 1 is 1.44 bits per heavy atom. The Kier molecular flexibility index (Phi) is 3.60. The van der Waals surface area contributed by atoms with Crippen molar-refractivity contribution in [1.82, 2.24) is 0 Å². The standard InChI is InChI=1S/C13H17NO4/c1-3-16-11(15)5-4-9-6-10(14)13-12(8(9)2)17-7-18-13/h6H,3-5,7,14H2,1-2H3. The zero-order valence-electron chi connectivity index (χ0n) is 10.6. The summed E-state index contributed by atoms with van der Waals surface area (Å²) in [5.74, 6) is 1.09. The fraction of sp³-hybridized carbons (Fsp3) is 0.462. The zero-order valence-corrected chi connectivity index (χ0v) is 10.6. The summed E-state index contributed by atoms with van der Waals surface area (Å²) < 4.78 is 15.6. The highest BCUT2D eigenvalue weighted by Crippen LogP contribution is 2.42. The van der Waals surface area contributed by atoms with Crippen molar-refractivity contribution >= 4 is 11.7 Å². The van der Waals surface area contributed by atoms with Crippen LogP contribution in [0, 0.1) is 6.92 Å². The van der Waals surface area contributed by atoms with E-state index in [1.54, 1.807) is 6.92 Å². The van der Waals surface area contributed by atoms with Crippen LogP contribution >= 0.6 is 0 Å². The molecule has 1 heterocycles. The van der Waals surface area contributed by atoms with Crippen molar-refractivity contribution in [2.24, 2.45) is 0 Å². The second-order valence-corrected chi connectivity index (χ2v) is 4.12. The predicted molar refractivity (Wildman–Crippen MR) is 66.7 cm³/mol. The molecule has 0 bridgehead atoms. The Morgan fingerprint density at radius 3 is 2.89 bits per heavy atom. The third-order valence-electron chi connectivity index (χ3n) is 2.93. The normalized spacial score (nSPS) is 12.6. The van der Waals surface area contributed by atoms with Gasteiger partial charge in [-0.1, -0.05) is 0 Å². The Hall–Kier alpha value is -1.91. The van der Waals surface area contributed by atoms with Crippen molar-refractivity contribution in [3.63, 3.8) is 0 Å². The van der Waals surface area contributed by atoms with Crippen LogP contribution in [-0.2, 0) is 16.0 Å².